The van der Waals surface area contributed by atoms with Gasteiger partial charge in [0.25, 0.3) is 0 Å². The number of nitrogens with one attached hydrogen (secondary N) is 1. The third kappa shape index (κ3) is 3.32. The van der Waals surface area contributed by atoms with Crippen LogP contribution in [0.3, 0.4) is 0 Å². The minimum absolute atomic E-state index is 0.0672. The lowest BCUT2D eigenvalue weighted by Crippen LogP contribution is -2.34. The molecule has 0 spiro atoms. The van der Waals surface area contributed by atoms with Crippen molar-refractivity contribution >= 4 is 5.91 Å². The van der Waals surface area contributed by atoms with E-state index < -0.39 is 0 Å². The summed E-state index contributed by atoms with van der Waals surface area (Å²) in [7, 11) is 0. The maximum Gasteiger partial charge on any atom is 0.224 e. The predicted octanol–water partition coefficient (Wildman–Crippen LogP) is -0.0209. The Labute approximate surface area is 88.2 Å². The van der Waals surface area contributed by atoms with Crippen molar-refractivity contribution in [2.24, 2.45) is 11.7 Å². The molecular formula is C9H16N4O2. The van der Waals surface area contributed by atoms with Crippen LogP contribution in [0.15, 0.2) is 4.52 Å². The third-order valence-electron chi connectivity index (χ3n) is 2.14. The number of nitrogens with zero attached hydrogens (tertiary/aromatic N) is 2. The molecule has 3 N–H and O–H groups in total. The highest BCUT2D eigenvalue weighted by atomic mass is 16.5. The van der Waals surface area contributed by atoms with E-state index in [0.717, 1.165) is 6.42 Å². The highest BCUT2D eigenvalue weighted by molar-refractivity contribution is 5.78. The molecule has 6 nitrogen and oxygen atoms in total. The Hall–Kier alpha value is -1.43. The molecule has 0 radical (unpaired) electrons. The molecule has 1 heterocycles. The van der Waals surface area contributed by atoms with E-state index in [1.165, 1.54) is 0 Å². The number of rotatable bonds is 5. The normalized spacial score (nSPS) is 12.5. The molecule has 0 bridgehead atoms. The van der Waals surface area contributed by atoms with E-state index in [1.807, 2.05) is 6.92 Å². The van der Waals surface area contributed by atoms with Crippen LogP contribution in [0.25, 0.3) is 0 Å². The first-order chi connectivity index (χ1) is 7.17. The lowest BCUT2D eigenvalue weighted by molar-refractivity contribution is -0.125. The van der Waals surface area contributed by atoms with Crippen LogP contribution in [0.1, 0.15) is 25.1 Å². The van der Waals surface area contributed by atoms with Gasteiger partial charge in [0.1, 0.15) is 0 Å². The summed E-state index contributed by atoms with van der Waals surface area (Å²) in [4.78, 5) is 15.5. The van der Waals surface area contributed by atoms with Gasteiger partial charge in [-0.3, -0.25) is 4.79 Å². The van der Waals surface area contributed by atoms with Crippen LogP contribution in [0.2, 0.25) is 0 Å². The molecule has 0 saturated heterocycles. The summed E-state index contributed by atoms with van der Waals surface area (Å²) in [6, 6.07) is 0. The van der Waals surface area contributed by atoms with E-state index in [2.05, 4.69) is 15.5 Å². The maximum absolute atomic E-state index is 11.5. The van der Waals surface area contributed by atoms with Gasteiger partial charge in [0.2, 0.25) is 11.8 Å². The van der Waals surface area contributed by atoms with E-state index in [9.17, 15) is 4.79 Å². The van der Waals surface area contributed by atoms with Gasteiger partial charge in [0.05, 0.1) is 6.54 Å². The average Bonchev–Trinajstić information content (AvgIpc) is 2.63. The molecule has 1 unspecified atom stereocenters. The van der Waals surface area contributed by atoms with Gasteiger partial charge in [-0.25, -0.2) is 0 Å². The van der Waals surface area contributed by atoms with E-state index in [4.69, 9.17) is 10.3 Å². The summed E-state index contributed by atoms with van der Waals surface area (Å²) in [5.41, 5.74) is 5.45. The molecule has 1 aromatic rings. The molecule has 6 heteroatoms. The highest BCUT2D eigenvalue weighted by Crippen LogP contribution is 2.00. The number of carbonyl (C=O) groups is 1. The summed E-state index contributed by atoms with van der Waals surface area (Å²) in [5, 5.41) is 6.38. The second-order valence-corrected chi connectivity index (χ2v) is 3.29. The van der Waals surface area contributed by atoms with Crippen molar-refractivity contribution in [2.45, 2.75) is 26.8 Å². The van der Waals surface area contributed by atoms with Crippen molar-refractivity contribution in [3.05, 3.63) is 11.7 Å². The van der Waals surface area contributed by atoms with Crippen molar-refractivity contribution in [3.63, 3.8) is 0 Å². The van der Waals surface area contributed by atoms with Gasteiger partial charge < -0.3 is 15.6 Å². The maximum atomic E-state index is 11.5. The van der Waals surface area contributed by atoms with Crippen LogP contribution in [0, 0.1) is 12.8 Å². The Kier molecular flexibility index (Phi) is 4.23. The lowest BCUT2D eigenvalue weighted by atomic mass is 10.1. The summed E-state index contributed by atoms with van der Waals surface area (Å²) >= 11 is 0. The van der Waals surface area contributed by atoms with E-state index in [1.54, 1.807) is 6.92 Å². The molecule has 0 aromatic carbocycles. The zero-order valence-electron chi connectivity index (χ0n) is 8.99. The minimum atomic E-state index is -0.141. The van der Waals surface area contributed by atoms with Gasteiger partial charge in [-0.1, -0.05) is 12.1 Å². The molecule has 0 aliphatic rings. The van der Waals surface area contributed by atoms with Crippen molar-refractivity contribution in [2.75, 3.05) is 6.54 Å². The molecule has 1 amide bonds. The zero-order chi connectivity index (χ0) is 11.3. The molecular weight excluding hydrogens is 196 g/mol. The first kappa shape index (κ1) is 11.6. The Morgan fingerprint density at radius 3 is 2.87 bits per heavy atom. The van der Waals surface area contributed by atoms with Crippen molar-refractivity contribution in [1.29, 1.82) is 0 Å². The summed E-state index contributed by atoms with van der Waals surface area (Å²) in [6.45, 7) is 4.27. The molecule has 84 valence electrons. The van der Waals surface area contributed by atoms with Crippen LogP contribution in [0.4, 0.5) is 0 Å². The van der Waals surface area contributed by atoms with Crippen molar-refractivity contribution in [3.8, 4) is 0 Å². The Morgan fingerprint density at radius 2 is 2.40 bits per heavy atom. The fraction of sp³-hybridized carbons (Fsp3) is 0.667. The number of nitrogens with two attached hydrogens (primary N) is 1. The predicted molar refractivity (Wildman–Crippen MR) is 53.7 cm³/mol. The molecule has 1 rings (SSSR count). The number of aryl methyl sites for hydroxylation is 1. The zero-order valence-corrected chi connectivity index (χ0v) is 8.99. The van der Waals surface area contributed by atoms with E-state index >= 15 is 0 Å². The van der Waals surface area contributed by atoms with E-state index in [-0.39, 0.29) is 18.4 Å². The summed E-state index contributed by atoms with van der Waals surface area (Å²) < 4.78 is 4.77. The average molecular weight is 212 g/mol. The topological polar surface area (TPSA) is 94.0 Å². The van der Waals surface area contributed by atoms with Crippen molar-refractivity contribution < 1.29 is 9.32 Å². The highest BCUT2D eigenvalue weighted by Gasteiger charge is 2.14. The SMILES string of the molecule is CCC(CN)C(=O)NCc1noc(C)n1. The van der Waals surface area contributed by atoms with E-state index in [0.29, 0.717) is 18.3 Å². The number of hydrogen-bond donors (Lipinski definition) is 2. The molecule has 15 heavy (non-hydrogen) atoms. The molecule has 0 aliphatic heterocycles. The van der Waals surface area contributed by atoms with Crippen molar-refractivity contribution in [1.82, 2.24) is 15.5 Å². The smallest absolute Gasteiger partial charge is 0.224 e. The summed E-state index contributed by atoms with van der Waals surface area (Å²) in [5.74, 6) is 0.762. The van der Waals surface area contributed by atoms with Crippen LogP contribution in [-0.2, 0) is 11.3 Å². The number of carbonyl (C=O) groups excluding carboxylic acids is 1. The standard InChI is InChI=1S/C9H16N4O2/c1-3-7(4-10)9(14)11-5-8-12-6(2)15-13-8/h7H,3-5,10H2,1-2H3,(H,11,14). The number of hydrogen-bond acceptors (Lipinski definition) is 5. The van der Waals surface area contributed by atoms with Gasteiger partial charge in [-0.2, -0.15) is 4.98 Å². The van der Waals surface area contributed by atoms with Gasteiger partial charge in [-0.15, -0.1) is 0 Å². The second-order valence-electron chi connectivity index (χ2n) is 3.29. The van der Waals surface area contributed by atoms with Gasteiger partial charge in [-0.05, 0) is 6.42 Å². The first-order valence-corrected chi connectivity index (χ1v) is 4.94. The second kappa shape index (κ2) is 5.45. The summed E-state index contributed by atoms with van der Waals surface area (Å²) in [6.07, 6.45) is 0.730. The van der Waals surface area contributed by atoms with Crippen LogP contribution >= 0.6 is 0 Å². The number of amides is 1. The van der Waals surface area contributed by atoms with Gasteiger partial charge in [0.15, 0.2) is 5.82 Å². The molecule has 1 atom stereocenters. The van der Waals surface area contributed by atoms with Crippen LogP contribution in [0.5, 0.6) is 0 Å². The number of aromatic nitrogens is 2. The largest absolute Gasteiger partial charge is 0.348 e. The Bertz CT molecular complexity index is 320. The lowest BCUT2D eigenvalue weighted by Gasteiger charge is -2.10. The van der Waals surface area contributed by atoms with Gasteiger partial charge in [0, 0.05) is 19.4 Å². The minimum Gasteiger partial charge on any atom is -0.348 e. The first-order valence-electron chi connectivity index (χ1n) is 4.94. The van der Waals surface area contributed by atoms with Gasteiger partial charge >= 0.3 is 0 Å². The fourth-order valence-electron chi connectivity index (χ4n) is 1.18. The molecule has 0 aliphatic carbocycles. The molecule has 0 saturated carbocycles. The van der Waals surface area contributed by atoms with Crippen LogP contribution in [-0.4, -0.2) is 22.6 Å². The monoisotopic (exact) mass is 212 g/mol. The molecule has 0 fully saturated rings. The Morgan fingerprint density at radius 1 is 1.67 bits per heavy atom. The fourth-order valence-corrected chi connectivity index (χ4v) is 1.18. The Balaban J connectivity index is 2.40. The third-order valence-corrected chi connectivity index (χ3v) is 2.14. The van der Waals surface area contributed by atoms with Crippen LogP contribution < -0.4 is 11.1 Å². The molecule has 1 aromatic heterocycles. The quantitative estimate of drug-likeness (QED) is 0.715.